The number of halogens is 2. The lowest BCUT2D eigenvalue weighted by atomic mass is 10.3. The number of nitrogens with one attached hydrogen (secondary N) is 2. The van der Waals surface area contributed by atoms with E-state index in [0.29, 0.717) is 6.61 Å². The quantitative estimate of drug-likeness (QED) is 0.120. The van der Waals surface area contributed by atoms with Crippen molar-refractivity contribution in [1.29, 1.82) is 0 Å². The average Bonchev–Trinajstić information content (AvgIpc) is 2.86. The van der Waals surface area contributed by atoms with E-state index in [9.17, 15) is 18.0 Å². The number of rotatable bonds is 14. The van der Waals surface area contributed by atoms with E-state index >= 15 is 0 Å². The van der Waals surface area contributed by atoms with Crippen molar-refractivity contribution in [3.63, 3.8) is 0 Å². The first-order valence-corrected chi connectivity index (χ1v) is 18.4. The minimum Gasteiger partial charge on any atom is -0.478 e. The number of methoxy groups -OCH3 is 1. The number of carbonyl (C=O) groups is 2. The van der Waals surface area contributed by atoms with Crippen molar-refractivity contribution < 1.29 is 32.6 Å². The van der Waals surface area contributed by atoms with Gasteiger partial charge in [-0.25, -0.2) is 27.5 Å². The summed E-state index contributed by atoms with van der Waals surface area (Å²) in [5.41, 5.74) is 0. The van der Waals surface area contributed by atoms with Gasteiger partial charge in [0.15, 0.2) is 0 Å². The fraction of sp³-hybridized carbons (Fsp3) is 0.455. The Bertz CT molecular complexity index is 1280. The fourth-order valence-corrected chi connectivity index (χ4v) is 6.62. The van der Waals surface area contributed by atoms with Crippen LogP contribution in [0.2, 0.25) is 35.7 Å². The summed E-state index contributed by atoms with van der Waals surface area (Å²) in [4.78, 5) is 31.4. The third kappa shape index (κ3) is 9.39. The minimum absolute atomic E-state index is 0.0108. The molecule has 0 spiro atoms. The van der Waals surface area contributed by atoms with E-state index in [0.717, 1.165) is 22.1 Å². The smallest absolute Gasteiger partial charge is 0.405 e. The van der Waals surface area contributed by atoms with Gasteiger partial charge in [0, 0.05) is 27.5 Å². The number of anilines is 1. The lowest BCUT2D eigenvalue weighted by molar-refractivity contribution is -0.122. The molecule has 0 fully saturated rings. The second kappa shape index (κ2) is 14.4. The maximum atomic E-state index is 13.8. The fourth-order valence-electron chi connectivity index (χ4n) is 2.98. The molecule has 2 amide bonds. The molecule has 0 unspecified atom stereocenters. The average molecular weight is 641 g/mol. The molecule has 3 N–H and O–H groups in total. The Kier molecular flexibility index (Phi) is 12.1. The first-order valence-electron chi connectivity index (χ1n) is 11.5. The molecule has 39 heavy (non-hydrogen) atoms. The third-order valence-electron chi connectivity index (χ3n) is 5.08. The molecule has 0 aliphatic rings. The zero-order chi connectivity index (χ0) is 29.4. The first kappa shape index (κ1) is 32.9. The van der Waals surface area contributed by atoms with Crippen LogP contribution in [0.1, 0.15) is 0 Å². The van der Waals surface area contributed by atoms with Crippen LogP contribution < -0.4 is 19.7 Å². The first-order chi connectivity index (χ1) is 18.2. The van der Waals surface area contributed by atoms with Crippen LogP contribution >= 0.6 is 35.0 Å². The van der Waals surface area contributed by atoms with Gasteiger partial charge >= 0.3 is 6.09 Å². The Morgan fingerprint density at radius 2 is 1.95 bits per heavy atom. The molecule has 0 aliphatic carbocycles. The second-order valence-electron chi connectivity index (χ2n) is 9.22. The maximum absolute atomic E-state index is 13.8. The number of sulfonamides is 1. The summed E-state index contributed by atoms with van der Waals surface area (Å²) in [7, 11) is -3.11. The molecule has 17 heteroatoms. The van der Waals surface area contributed by atoms with Gasteiger partial charge in [-0.05, 0) is 18.2 Å². The van der Waals surface area contributed by atoms with E-state index in [2.05, 4.69) is 40.2 Å². The Morgan fingerprint density at radius 1 is 1.26 bits per heavy atom. The van der Waals surface area contributed by atoms with Crippen molar-refractivity contribution in [3.8, 4) is 5.88 Å². The monoisotopic (exact) mass is 639 g/mol. The molecular weight excluding hydrogens is 609 g/mol. The molecule has 2 rings (SSSR count). The third-order valence-corrected chi connectivity index (χ3v) is 10.5. The topological polar surface area (TPSA) is 160 Å². The molecule has 0 bridgehead atoms. The number of nitrogens with zero attached hydrogens (tertiary/aromatic N) is 3. The Balaban J connectivity index is 2.44. The highest BCUT2D eigenvalue weighted by Crippen LogP contribution is 2.35. The van der Waals surface area contributed by atoms with Gasteiger partial charge < -0.3 is 25.2 Å². The molecule has 12 nitrogen and oxygen atoms in total. The standard InChI is InChI=1S/C22H31Cl2N5O7S2Si/c1-25-20(30)15(27-22(31)32)12-37-17-11-26-19(21(28-17)35-2)29(13-36-9-10-39(3,4)5)38(33,34)16-8-6-7-14(23)18(16)24/h6-8,11,15,27H,9-10,12-13H2,1-5H3,(H,25,30)(H,31,32)/t15-/m0/s1. The minimum atomic E-state index is -4.34. The molecule has 0 radical (unpaired) electrons. The Labute approximate surface area is 242 Å². The van der Waals surface area contributed by atoms with Gasteiger partial charge in [0.2, 0.25) is 11.7 Å². The van der Waals surface area contributed by atoms with Crippen LogP contribution in [0, 0.1) is 0 Å². The molecule has 0 saturated carbocycles. The maximum Gasteiger partial charge on any atom is 0.405 e. The summed E-state index contributed by atoms with van der Waals surface area (Å²) in [5, 5.41) is 13.7. The van der Waals surface area contributed by atoms with E-state index in [1.165, 1.54) is 38.6 Å². The van der Waals surface area contributed by atoms with Crippen LogP contribution in [0.25, 0.3) is 0 Å². The van der Waals surface area contributed by atoms with Gasteiger partial charge in [-0.2, -0.15) is 0 Å². The zero-order valence-corrected chi connectivity index (χ0v) is 26.2. The van der Waals surface area contributed by atoms with Crippen molar-refractivity contribution >= 4 is 70.9 Å². The second-order valence-corrected chi connectivity index (χ2v) is 18.5. The predicted molar refractivity (Wildman–Crippen MR) is 153 cm³/mol. The summed E-state index contributed by atoms with van der Waals surface area (Å²) in [6, 6.07) is 3.98. The van der Waals surface area contributed by atoms with Crippen molar-refractivity contribution in [3.05, 3.63) is 34.4 Å². The van der Waals surface area contributed by atoms with Crippen LogP contribution in [-0.4, -0.2) is 82.9 Å². The zero-order valence-electron chi connectivity index (χ0n) is 22.0. The molecule has 0 aliphatic heterocycles. The molecule has 216 valence electrons. The van der Waals surface area contributed by atoms with E-state index in [-0.39, 0.29) is 37.4 Å². The van der Waals surface area contributed by atoms with Gasteiger partial charge in [-0.3, -0.25) is 4.79 Å². The molecule has 1 heterocycles. The van der Waals surface area contributed by atoms with Gasteiger partial charge in [0.1, 0.15) is 22.7 Å². The highest BCUT2D eigenvalue weighted by atomic mass is 35.5. The number of likely N-dealkylation sites (N-methyl/N-ethyl adjacent to an activating group) is 1. The van der Waals surface area contributed by atoms with Crippen LogP contribution in [0.3, 0.4) is 0 Å². The van der Waals surface area contributed by atoms with Gasteiger partial charge in [0.05, 0.1) is 23.4 Å². The van der Waals surface area contributed by atoms with Crippen LogP contribution in [0.5, 0.6) is 5.88 Å². The van der Waals surface area contributed by atoms with E-state index in [1.807, 2.05) is 0 Å². The Morgan fingerprint density at radius 3 is 2.54 bits per heavy atom. The number of hydrogen-bond acceptors (Lipinski definition) is 9. The Hall–Kier alpha value is -2.30. The molecule has 0 saturated heterocycles. The number of carbonyl (C=O) groups excluding carboxylic acids is 1. The van der Waals surface area contributed by atoms with E-state index in [4.69, 9.17) is 37.8 Å². The summed E-state index contributed by atoms with van der Waals surface area (Å²) >= 11 is 13.4. The van der Waals surface area contributed by atoms with Crippen LogP contribution in [-0.2, 0) is 19.6 Å². The number of ether oxygens (including phenoxy) is 2. The molecule has 2 aromatic rings. The summed E-state index contributed by atoms with van der Waals surface area (Å²) in [6.45, 7) is 6.44. The summed E-state index contributed by atoms with van der Waals surface area (Å²) in [5.74, 6) is -0.841. The van der Waals surface area contributed by atoms with Gasteiger partial charge in [0.25, 0.3) is 15.9 Å². The number of hydrogen-bond donors (Lipinski definition) is 3. The molecular formula is C22H31Cl2N5O7S2Si. The lowest BCUT2D eigenvalue weighted by Gasteiger charge is -2.25. The summed E-state index contributed by atoms with van der Waals surface area (Å²) in [6.07, 6.45) is -0.0770. The highest BCUT2D eigenvalue weighted by molar-refractivity contribution is 7.99. The number of aromatic nitrogens is 2. The van der Waals surface area contributed by atoms with Crippen molar-refractivity contribution in [2.75, 3.05) is 37.6 Å². The number of benzene rings is 1. The van der Waals surface area contributed by atoms with Gasteiger partial charge in [-0.1, -0.05) is 48.9 Å². The predicted octanol–water partition coefficient (Wildman–Crippen LogP) is 3.77. The lowest BCUT2D eigenvalue weighted by Crippen LogP contribution is -2.46. The number of thioether (sulfide) groups is 1. The molecule has 1 atom stereocenters. The highest BCUT2D eigenvalue weighted by Gasteiger charge is 2.32. The molecule has 1 aromatic carbocycles. The van der Waals surface area contributed by atoms with E-state index < -0.39 is 42.9 Å². The van der Waals surface area contributed by atoms with Gasteiger partial charge in [-0.15, -0.1) is 11.8 Å². The number of carboxylic acid groups (broad SMARTS) is 1. The van der Waals surface area contributed by atoms with Crippen molar-refractivity contribution in [2.24, 2.45) is 0 Å². The largest absolute Gasteiger partial charge is 0.478 e. The summed E-state index contributed by atoms with van der Waals surface area (Å²) < 4.78 is 39.5. The van der Waals surface area contributed by atoms with E-state index in [1.54, 1.807) is 0 Å². The SMILES string of the molecule is CNC(=O)[C@H](CSc1cnc(N(COCC[Si](C)(C)C)S(=O)(=O)c2cccc(Cl)c2Cl)c(OC)n1)NC(=O)O. The van der Waals surface area contributed by atoms with Crippen molar-refractivity contribution in [2.45, 2.75) is 41.6 Å². The normalized spacial score (nSPS) is 12.5. The van der Waals surface area contributed by atoms with Crippen LogP contribution in [0.4, 0.5) is 10.6 Å². The van der Waals surface area contributed by atoms with Crippen molar-refractivity contribution in [1.82, 2.24) is 20.6 Å². The molecule has 1 aromatic heterocycles. The van der Waals surface area contributed by atoms with Crippen LogP contribution in [0.15, 0.2) is 34.3 Å². The number of amides is 2.